The van der Waals surface area contributed by atoms with Crippen LogP contribution in [0.3, 0.4) is 0 Å². The third-order valence-electron chi connectivity index (χ3n) is 12.4. The highest BCUT2D eigenvalue weighted by atomic mass is 16.5. The zero-order valence-corrected chi connectivity index (χ0v) is 44.6. The lowest BCUT2D eigenvalue weighted by Gasteiger charge is -2.18. The Morgan fingerprint density at radius 1 is 0.257 bits per heavy atom. The second-order valence-corrected chi connectivity index (χ2v) is 18.6. The summed E-state index contributed by atoms with van der Waals surface area (Å²) in [5.74, 6) is 18.0. The number of benzene rings is 4. The van der Waals surface area contributed by atoms with E-state index >= 15 is 0 Å². The van der Waals surface area contributed by atoms with E-state index in [2.05, 4.69) is 114 Å². The maximum absolute atomic E-state index is 6.55. The van der Waals surface area contributed by atoms with Crippen molar-refractivity contribution in [3.05, 3.63) is 95.1 Å². The average molecular weight is 955 g/mol. The fourth-order valence-corrected chi connectivity index (χ4v) is 8.08. The Morgan fingerprint density at radius 2 is 0.529 bits per heavy atom. The van der Waals surface area contributed by atoms with Gasteiger partial charge in [0.2, 0.25) is 11.5 Å². The summed E-state index contributed by atoms with van der Waals surface area (Å²) < 4.78 is 38.9. The number of unbranched alkanes of at least 4 members (excludes halogenated alkanes) is 18. The third kappa shape index (κ3) is 21.8. The quantitative estimate of drug-likeness (QED) is 0.0332. The summed E-state index contributed by atoms with van der Waals surface area (Å²) in [4.78, 5) is 0. The fraction of sp³-hybridized carbons (Fsp3) is 0.562. The van der Waals surface area contributed by atoms with Gasteiger partial charge in [0.1, 0.15) is 0 Å². The van der Waals surface area contributed by atoms with Crippen molar-refractivity contribution in [2.75, 3.05) is 39.6 Å². The molecule has 0 spiro atoms. The Hall–Kier alpha value is -5.20. The molecule has 0 aliphatic heterocycles. The van der Waals surface area contributed by atoms with Crippen LogP contribution in [0.5, 0.6) is 34.5 Å². The van der Waals surface area contributed by atoms with Crippen LogP contribution in [0.4, 0.5) is 0 Å². The zero-order valence-electron chi connectivity index (χ0n) is 44.6. The largest absolute Gasteiger partial charge is 0.490 e. The van der Waals surface area contributed by atoms with Gasteiger partial charge in [-0.2, -0.15) is 0 Å². The summed E-state index contributed by atoms with van der Waals surface area (Å²) in [7, 11) is 0. The van der Waals surface area contributed by atoms with Gasteiger partial charge in [-0.25, -0.2) is 0 Å². The summed E-state index contributed by atoms with van der Waals surface area (Å²) in [6.07, 6.45) is 27.2. The van der Waals surface area contributed by atoms with Crippen molar-refractivity contribution >= 4 is 0 Å². The van der Waals surface area contributed by atoms with Crippen molar-refractivity contribution in [3.63, 3.8) is 0 Å². The van der Waals surface area contributed by atoms with E-state index in [0.717, 1.165) is 122 Å². The molecule has 0 aliphatic carbocycles. The lowest BCUT2D eigenvalue weighted by atomic mass is 10.0. The first-order valence-electron chi connectivity index (χ1n) is 27.9. The van der Waals surface area contributed by atoms with Gasteiger partial charge in [-0.3, -0.25) is 0 Å². The summed E-state index contributed by atoms with van der Waals surface area (Å²) in [6.45, 7) is 17.2. The van der Waals surface area contributed by atoms with Gasteiger partial charge in [0.05, 0.1) is 50.8 Å². The Kier molecular flexibility index (Phi) is 30.1. The Balaban J connectivity index is 1.56. The Morgan fingerprint density at radius 3 is 0.814 bits per heavy atom. The molecule has 0 heterocycles. The van der Waals surface area contributed by atoms with Crippen LogP contribution in [0.25, 0.3) is 11.1 Å². The first kappa shape index (κ1) is 57.4. The first-order valence-corrected chi connectivity index (χ1v) is 27.9. The summed E-state index contributed by atoms with van der Waals surface area (Å²) in [5.41, 5.74) is 5.72. The standard InChI is InChI=1S/C64H90O6/c1-7-13-19-25-47-65-59-45-43-57(61(67-49-27-21-15-9-3)63(59)69-51-29-23-17-11-5)41-35-53-31-37-55(38-32-53)56-39-33-54(34-40-56)36-42-58-44-46-60(66-48-26-20-14-8-2)64(70-52-30-24-18-12-6)62(58)68-50-28-22-16-10-4/h31-34,37-40,43-46H,7-30,47-52H2,1-6H3. The topological polar surface area (TPSA) is 55.4 Å². The molecule has 0 N–H and O–H groups in total. The maximum Gasteiger partial charge on any atom is 0.204 e. The Labute approximate surface area is 426 Å². The molecule has 0 bridgehead atoms. The predicted octanol–water partition coefficient (Wildman–Crippen LogP) is 17.9. The van der Waals surface area contributed by atoms with Crippen molar-refractivity contribution < 1.29 is 28.4 Å². The second kappa shape index (κ2) is 36.7. The molecule has 6 nitrogen and oxygen atoms in total. The van der Waals surface area contributed by atoms with Crippen LogP contribution in [-0.4, -0.2) is 39.6 Å². The van der Waals surface area contributed by atoms with E-state index in [1.54, 1.807) is 0 Å². The third-order valence-corrected chi connectivity index (χ3v) is 12.4. The molecule has 0 saturated heterocycles. The van der Waals surface area contributed by atoms with E-state index < -0.39 is 0 Å². The molecule has 6 heteroatoms. The van der Waals surface area contributed by atoms with E-state index in [1.165, 1.54) is 77.0 Å². The molecule has 0 saturated carbocycles. The molecule has 0 fully saturated rings. The van der Waals surface area contributed by atoms with Gasteiger partial charge < -0.3 is 28.4 Å². The van der Waals surface area contributed by atoms with Crippen molar-refractivity contribution in [3.8, 4) is 69.3 Å². The van der Waals surface area contributed by atoms with Gasteiger partial charge >= 0.3 is 0 Å². The molecule has 382 valence electrons. The minimum Gasteiger partial charge on any atom is -0.490 e. The van der Waals surface area contributed by atoms with Crippen LogP contribution >= 0.6 is 0 Å². The highest BCUT2D eigenvalue weighted by Crippen LogP contribution is 2.42. The van der Waals surface area contributed by atoms with Gasteiger partial charge in [-0.05, 0) is 98.2 Å². The molecule has 4 aromatic rings. The molecule has 0 aliphatic rings. The van der Waals surface area contributed by atoms with E-state index in [1.807, 2.05) is 24.3 Å². The second-order valence-electron chi connectivity index (χ2n) is 18.6. The van der Waals surface area contributed by atoms with E-state index in [4.69, 9.17) is 28.4 Å². The predicted molar refractivity (Wildman–Crippen MR) is 295 cm³/mol. The summed E-state index contributed by atoms with van der Waals surface area (Å²) in [6, 6.07) is 25.0. The molecule has 0 amide bonds. The summed E-state index contributed by atoms with van der Waals surface area (Å²) in [5, 5.41) is 0. The van der Waals surface area contributed by atoms with Gasteiger partial charge in [0.25, 0.3) is 0 Å². The monoisotopic (exact) mass is 955 g/mol. The molecule has 0 aromatic heterocycles. The molecule has 0 unspecified atom stereocenters. The highest BCUT2D eigenvalue weighted by molar-refractivity contribution is 5.67. The van der Waals surface area contributed by atoms with E-state index in [9.17, 15) is 0 Å². The van der Waals surface area contributed by atoms with E-state index in [0.29, 0.717) is 62.6 Å². The van der Waals surface area contributed by atoms with Gasteiger partial charge in [-0.15, -0.1) is 0 Å². The molecule has 4 rings (SSSR count). The minimum absolute atomic E-state index is 0.617. The minimum atomic E-state index is 0.617. The van der Waals surface area contributed by atoms with Gasteiger partial charge in [0, 0.05) is 11.1 Å². The van der Waals surface area contributed by atoms with Crippen molar-refractivity contribution in [1.82, 2.24) is 0 Å². The summed E-state index contributed by atoms with van der Waals surface area (Å²) >= 11 is 0. The van der Waals surface area contributed by atoms with Crippen LogP contribution in [0.1, 0.15) is 218 Å². The van der Waals surface area contributed by atoms with Crippen LogP contribution in [0.2, 0.25) is 0 Å². The molecular formula is C64H90O6. The number of ether oxygens (including phenoxy) is 6. The van der Waals surface area contributed by atoms with Gasteiger partial charge in [-0.1, -0.05) is 205 Å². The lowest BCUT2D eigenvalue weighted by Crippen LogP contribution is -2.07. The lowest BCUT2D eigenvalue weighted by molar-refractivity contribution is 0.234. The fourth-order valence-electron chi connectivity index (χ4n) is 8.08. The molecule has 0 atom stereocenters. The van der Waals surface area contributed by atoms with Crippen LogP contribution in [0, 0.1) is 23.7 Å². The number of hydrogen-bond donors (Lipinski definition) is 0. The van der Waals surface area contributed by atoms with Crippen LogP contribution in [0.15, 0.2) is 72.8 Å². The van der Waals surface area contributed by atoms with Crippen molar-refractivity contribution in [2.24, 2.45) is 0 Å². The van der Waals surface area contributed by atoms with E-state index in [-0.39, 0.29) is 0 Å². The zero-order chi connectivity index (χ0) is 49.7. The maximum atomic E-state index is 6.55. The number of hydrogen-bond acceptors (Lipinski definition) is 6. The van der Waals surface area contributed by atoms with Crippen LogP contribution < -0.4 is 28.4 Å². The smallest absolute Gasteiger partial charge is 0.204 e. The Bertz CT molecular complexity index is 1960. The van der Waals surface area contributed by atoms with Crippen molar-refractivity contribution in [2.45, 2.75) is 196 Å². The first-order chi connectivity index (χ1) is 34.6. The molecule has 4 aromatic carbocycles. The molecular weight excluding hydrogens is 865 g/mol. The number of rotatable bonds is 37. The highest BCUT2D eigenvalue weighted by Gasteiger charge is 2.19. The average Bonchev–Trinajstić information content (AvgIpc) is 3.38. The normalized spacial score (nSPS) is 10.8. The van der Waals surface area contributed by atoms with Crippen molar-refractivity contribution in [1.29, 1.82) is 0 Å². The van der Waals surface area contributed by atoms with Gasteiger partial charge in [0.15, 0.2) is 23.0 Å². The SMILES string of the molecule is CCCCCCOc1ccc(C#Cc2ccc(-c3ccc(C#Cc4ccc(OCCCCCC)c(OCCCCCC)c4OCCCCCC)cc3)cc2)c(OCCCCCC)c1OCCCCCC. The molecule has 0 radical (unpaired) electrons. The van der Waals surface area contributed by atoms with Crippen LogP contribution in [-0.2, 0) is 0 Å². The molecule has 70 heavy (non-hydrogen) atoms.